The zero-order valence-electron chi connectivity index (χ0n) is 36.7. The Morgan fingerprint density at radius 3 is 1.89 bits per heavy atom. The quantitative estimate of drug-likeness (QED) is 0.107. The summed E-state index contributed by atoms with van der Waals surface area (Å²) in [6.45, 7) is 6.56. The molecule has 0 atom stereocenters. The van der Waals surface area contributed by atoms with Gasteiger partial charge in [0, 0.05) is 5.69 Å². The van der Waals surface area contributed by atoms with Gasteiger partial charge in [0.15, 0.2) is 0 Å². The van der Waals surface area contributed by atoms with Gasteiger partial charge in [-0.3, -0.25) is 0 Å². The van der Waals surface area contributed by atoms with Gasteiger partial charge in [0.1, 0.15) is 0 Å². The topological polar surface area (TPSA) is 38.5 Å². The molecule has 66 heavy (non-hydrogen) atoms. The van der Waals surface area contributed by atoms with Gasteiger partial charge in [-0.2, -0.15) is 12.1 Å². The van der Waals surface area contributed by atoms with Crippen molar-refractivity contribution in [1.29, 1.82) is 0 Å². The van der Waals surface area contributed by atoms with Crippen LogP contribution in [0.3, 0.4) is 0 Å². The van der Waals surface area contributed by atoms with E-state index in [1.165, 1.54) is 5.56 Å². The number of benzene rings is 8. The predicted molar refractivity (Wildman–Crippen MR) is 266 cm³/mol. The molecule has 10 aromatic rings. The first kappa shape index (κ1) is 41.3. The third-order valence-corrected chi connectivity index (χ3v) is 13.2. The normalized spacial score (nSPS) is 12.5. The molecule has 1 aliphatic rings. The van der Waals surface area contributed by atoms with E-state index in [4.69, 9.17) is 9.72 Å². The van der Waals surface area contributed by atoms with E-state index in [1.807, 2.05) is 48.5 Å². The number of fused-ring (bicyclic) bond motifs is 2. The van der Waals surface area contributed by atoms with E-state index in [0.29, 0.717) is 11.6 Å². The standard InChI is InChI=1S/C58H44BN5O.Pt/c1-58(2,3)44-38-36-43(37-39-44)50-29-18-28-49(42-20-7-4-8-21-42)57(50)62-41-61(51-30-13-14-31-52(51)62)47-26-17-27-48(40-47)65-56-35-19-34-55(60-56)64-54-33-16-15-32-53(54)63(46-24-11-6-12-25-46)59(64)45-22-9-5-10-23-45;/h4-32,34-39H,1-3H3;/q-2;. The number of para-hydroxylation sites is 5. The SMILES string of the molecule is CC(C)(C)c1ccc(-c2cccc(-c3ccccc3)c2-n2[c](=[Pt])n(-c3[c-]c(Oc4cccc(N5B(c6ccccc6)N(c6ccccc6)c6ccc[c-]c65)n4)ccc3)c3ccccc32)cc1. The van der Waals surface area contributed by atoms with E-state index in [-0.39, 0.29) is 12.4 Å². The van der Waals surface area contributed by atoms with Crippen LogP contribution in [-0.4, -0.2) is 21.1 Å². The monoisotopic (exact) mass is 1030 g/mol. The number of nitrogens with zero attached hydrogens (tertiary/aromatic N) is 5. The molecule has 322 valence electrons. The summed E-state index contributed by atoms with van der Waals surface area (Å²) >= 11 is 2.48. The number of imidazole rings is 1. The molecule has 1 aliphatic heterocycles. The van der Waals surface area contributed by atoms with E-state index in [0.717, 1.165) is 76.8 Å². The van der Waals surface area contributed by atoms with Crippen LogP contribution in [0.5, 0.6) is 11.6 Å². The van der Waals surface area contributed by atoms with Gasteiger partial charge in [-0.05, 0) is 12.1 Å². The van der Waals surface area contributed by atoms with Gasteiger partial charge in [0.25, 0.3) is 0 Å². The van der Waals surface area contributed by atoms with Crippen LogP contribution in [0.2, 0.25) is 0 Å². The van der Waals surface area contributed by atoms with E-state index in [9.17, 15) is 0 Å². The summed E-state index contributed by atoms with van der Waals surface area (Å²) in [6.07, 6.45) is 0. The summed E-state index contributed by atoms with van der Waals surface area (Å²) in [5.41, 5.74) is 14.2. The Kier molecular flexibility index (Phi) is 10.7. The van der Waals surface area contributed by atoms with Crippen LogP contribution in [0.4, 0.5) is 22.9 Å². The first-order valence-electron chi connectivity index (χ1n) is 22.2. The summed E-state index contributed by atoms with van der Waals surface area (Å²) in [7, 11) is 0. The Hall–Kier alpha value is -7.47. The Labute approximate surface area is 397 Å². The third kappa shape index (κ3) is 7.49. The van der Waals surface area contributed by atoms with E-state index in [1.54, 1.807) is 0 Å². The second-order valence-corrected chi connectivity index (χ2v) is 18.4. The summed E-state index contributed by atoms with van der Waals surface area (Å²) in [6, 6.07) is 81.4. The summed E-state index contributed by atoms with van der Waals surface area (Å²) in [5.74, 6) is 1.76. The second kappa shape index (κ2) is 17.2. The fraction of sp³-hybridized carbons (Fsp3) is 0.0690. The molecule has 0 spiro atoms. The van der Waals surface area contributed by atoms with Crippen molar-refractivity contribution in [2.45, 2.75) is 26.2 Å². The zero-order chi connectivity index (χ0) is 44.8. The van der Waals surface area contributed by atoms with Crippen LogP contribution in [0.1, 0.15) is 26.3 Å². The van der Waals surface area contributed by atoms with Crippen LogP contribution in [0, 0.1) is 15.9 Å². The molecule has 3 heterocycles. The summed E-state index contributed by atoms with van der Waals surface area (Å²) < 4.78 is 12.3. The average molecular weight is 1030 g/mol. The van der Waals surface area contributed by atoms with Gasteiger partial charge in [-0.25, -0.2) is 0 Å². The molecule has 0 saturated heterocycles. The second-order valence-electron chi connectivity index (χ2n) is 17.4. The molecule has 0 fully saturated rings. The predicted octanol–water partition coefficient (Wildman–Crippen LogP) is 13.6. The molecule has 6 nitrogen and oxygen atoms in total. The van der Waals surface area contributed by atoms with Gasteiger partial charge < -0.3 is 0 Å². The molecule has 0 bridgehead atoms. The maximum atomic E-state index is 6.67. The van der Waals surface area contributed by atoms with Crippen molar-refractivity contribution in [3.63, 3.8) is 0 Å². The number of rotatable bonds is 9. The van der Waals surface area contributed by atoms with Gasteiger partial charge in [0.2, 0.25) is 0 Å². The molecule has 2 aromatic heterocycles. The van der Waals surface area contributed by atoms with Gasteiger partial charge in [-0.15, -0.1) is 6.07 Å². The third-order valence-electron chi connectivity index (χ3n) is 12.2. The Bertz CT molecular complexity index is 3420. The van der Waals surface area contributed by atoms with Crippen molar-refractivity contribution in [3.05, 3.63) is 234 Å². The van der Waals surface area contributed by atoms with Crippen molar-refractivity contribution in [2.24, 2.45) is 0 Å². The van der Waals surface area contributed by atoms with Crippen LogP contribution in [0.15, 0.2) is 212 Å². The van der Waals surface area contributed by atoms with E-state index in [2.05, 4.69) is 235 Å². The molecule has 0 aliphatic carbocycles. The fourth-order valence-electron chi connectivity index (χ4n) is 9.11. The number of ether oxygens (including phenoxy) is 1. The molecule has 0 radical (unpaired) electrons. The minimum atomic E-state index is -0.217. The van der Waals surface area contributed by atoms with Crippen LogP contribution in [-0.2, 0) is 24.8 Å². The number of aromatic nitrogens is 3. The number of anilines is 4. The average Bonchev–Trinajstić information content (AvgIpc) is 3.86. The maximum absolute atomic E-state index is 6.67. The fourth-order valence-corrected chi connectivity index (χ4v) is 10.2. The van der Waals surface area contributed by atoms with Gasteiger partial charge in [-0.1, -0.05) is 48.5 Å². The van der Waals surface area contributed by atoms with Crippen molar-refractivity contribution >= 4 is 46.4 Å². The first-order valence-corrected chi connectivity index (χ1v) is 23.3. The Morgan fingerprint density at radius 2 is 1.18 bits per heavy atom. The molecular weight excluding hydrogens is 989 g/mol. The molecular formula is C58H44BN5OPt-2. The Balaban J connectivity index is 1.00. The van der Waals surface area contributed by atoms with Gasteiger partial charge in [0.05, 0.1) is 0 Å². The van der Waals surface area contributed by atoms with Crippen molar-refractivity contribution in [3.8, 4) is 45.3 Å². The van der Waals surface area contributed by atoms with Crippen LogP contribution in [0.25, 0.3) is 44.7 Å². The van der Waals surface area contributed by atoms with Crippen LogP contribution < -0.4 is 19.8 Å². The molecule has 8 aromatic carbocycles. The van der Waals surface area contributed by atoms with E-state index >= 15 is 0 Å². The zero-order valence-corrected chi connectivity index (χ0v) is 39.0. The molecule has 0 N–H and O–H groups in total. The molecule has 0 saturated carbocycles. The first-order chi connectivity index (χ1) is 32.3. The van der Waals surface area contributed by atoms with Crippen molar-refractivity contribution < 1.29 is 24.1 Å². The molecule has 0 amide bonds. The molecule has 8 heteroatoms. The van der Waals surface area contributed by atoms with Crippen molar-refractivity contribution in [1.82, 2.24) is 14.1 Å². The number of pyridine rings is 1. The Morgan fingerprint density at radius 1 is 0.561 bits per heavy atom. The summed E-state index contributed by atoms with van der Waals surface area (Å²) in [5, 5.41) is 0. The van der Waals surface area contributed by atoms with E-state index < -0.39 is 0 Å². The molecule has 0 unspecified atom stereocenters. The molecule has 11 rings (SSSR count). The number of hydrogen-bond donors (Lipinski definition) is 0. The van der Waals surface area contributed by atoms with Crippen molar-refractivity contribution in [2.75, 3.05) is 9.62 Å². The van der Waals surface area contributed by atoms with Crippen LogP contribution >= 0.6 is 0 Å². The van der Waals surface area contributed by atoms with Gasteiger partial charge >= 0.3 is 315 Å². The number of hydrogen-bond acceptors (Lipinski definition) is 4. The summed E-state index contributed by atoms with van der Waals surface area (Å²) in [4.78, 5) is 9.79. The minimum absolute atomic E-state index is 0.0489.